The van der Waals surface area contributed by atoms with Crippen LogP contribution in [-0.2, 0) is 4.79 Å². The number of rotatable bonds is 5. The highest BCUT2D eigenvalue weighted by Crippen LogP contribution is 2.25. The second-order valence-corrected chi connectivity index (χ2v) is 7.03. The lowest BCUT2D eigenvalue weighted by molar-refractivity contribution is -0.117. The molecule has 2 heterocycles. The van der Waals surface area contributed by atoms with Gasteiger partial charge in [-0.3, -0.25) is 4.79 Å². The van der Waals surface area contributed by atoms with Crippen molar-refractivity contribution < 1.29 is 14.3 Å². The second-order valence-electron chi connectivity index (χ2n) is 7.03. The van der Waals surface area contributed by atoms with Gasteiger partial charge in [0, 0.05) is 31.2 Å². The Morgan fingerprint density at radius 2 is 2.00 bits per heavy atom. The molecular formula is C20H29N3O3. The minimum Gasteiger partial charge on any atom is -0.494 e. The van der Waals surface area contributed by atoms with Gasteiger partial charge in [0.15, 0.2) is 0 Å². The Bertz CT molecular complexity index is 632. The molecule has 1 aromatic carbocycles. The summed E-state index contributed by atoms with van der Waals surface area (Å²) in [5.41, 5.74) is 0.847. The Morgan fingerprint density at radius 3 is 2.69 bits per heavy atom. The predicted octanol–water partition coefficient (Wildman–Crippen LogP) is 3.16. The standard InChI is InChI=1S/C20H29N3O3/c1-3-16-7-5-6-12-22(16)20(25)21-15-13-19(24)23(14-15)17-8-10-18(11-9-17)26-4-2/h8-11,15-16H,3-7,12-14H2,1-2H3,(H,21,25)/t15-,16+/m1/s1. The SMILES string of the molecule is CCOc1ccc(N2C[C@H](NC(=O)N3CCCC[C@@H]3CC)CC2=O)cc1. The van der Waals surface area contributed by atoms with Gasteiger partial charge in [0.25, 0.3) is 0 Å². The number of nitrogens with zero attached hydrogens (tertiary/aromatic N) is 2. The minimum atomic E-state index is -0.138. The maximum Gasteiger partial charge on any atom is 0.317 e. The van der Waals surface area contributed by atoms with Crippen LogP contribution >= 0.6 is 0 Å². The highest BCUT2D eigenvalue weighted by molar-refractivity contribution is 5.96. The van der Waals surface area contributed by atoms with Crippen LogP contribution in [0, 0.1) is 0 Å². The van der Waals surface area contributed by atoms with Gasteiger partial charge in [0.1, 0.15) is 5.75 Å². The van der Waals surface area contributed by atoms with E-state index in [1.165, 1.54) is 6.42 Å². The Morgan fingerprint density at radius 1 is 1.23 bits per heavy atom. The summed E-state index contributed by atoms with van der Waals surface area (Å²) < 4.78 is 5.45. The van der Waals surface area contributed by atoms with Gasteiger partial charge in [-0.15, -0.1) is 0 Å². The number of hydrogen-bond donors (Lipinski definition) is 1. The molecular weight excluding hydrogens is 330 g/mol. The molecule has 0 aliphatic carbocycles. The normalized spacial score (nSPS) is 23.2. The number of carbonyl (C=O) groups is 2. The van der Waals surface area contributed by atoms with Gasteiger partial charge in [0.2, 0.25) is 5.91 Å². The molecule has 1 aromatic rings. The summed E-state index contributed by atoms with van der Waals surface area (Å²) in [5, 5.41) is 3.07. The number of carbonyl (C=O) groups excluding carboxylic acids is 2. The van der Waals surface area contributed by atoms with E-state index in [4.69, 9.17) is 4.74 Å². The van der Waals surface area contributed by atoms with Crippen molar-refractivity contribution in [2.24, 2.45) is 0 Å². The monoisotopic (exact) mass is 359 g/mol. The number of benzene rings is 1. The number of anilines is 1. The van der Waals surface area contributed by atoms with Crippen LogP contribution in [0.25, 0.3) is 0 Å². The van der Waals surface area contributed by atoms with Gasteiger partial charge in [-0.2, -0.15) is 0 Å². The van der Waals surface area contributed by atoms with E-state index in [2.05, 4.69) is 12.2 Å². The lowest BCUT2D eigenvalue weighted by Crippen LogP contribution is -2.51. The van der Waals surface area contributed by atoms with Crippen molar-refractivity contribution in [3.05, 3.63) is 24.3 Å². The van der Waals surface area contributed by atoms with Crippen LogP contribution in [0.5, 0.6) is 5.75 Å². The van der Waals surface area contributed by atoms with Crippen LogP contribution in [0.2, 0.25) is 0 Å². The fourth-order valence-corrected chi connectivity index (χ4v) is 3.89. The van der Waals surface area contributed by atoms with Crippen molar-refractivity contribution in [1.82, 2.24) is 10.2 Å². The number of hydrogen-bond acceptors (Lipinski definition) is 3. The minimum absolute atomic E-state index is 0.0251. The van der Waals surface area contributed by atoms with Crippen molar-refractivity contribution in [3.63, 3.8) is 0 Å². The van der Waals surface area contributed by atoms with Crippen LogP contribution in [-0.4, -0.2) is 48.6 Å². The number of piperidine rings is 1. The summed E-state index contributed by atoms with van der Waals surface area (Å²) in [4.78, 5) is 28.8. The molecule has 3 rings (SSSR count). The van der Waals surface area contributed by atoms with E-state index in [9.17, 15) is 9.59 Å². The Kier molecular flexibility index (Phi) is 6.01. The van der Waals surface area contributed by atoms with Gasteiger partial charge in [-0.1, -0.05) is 6.92 Å². The average Bonchev–Trinajstić information content (AvgIpc) is 3.02. The molecule has 2 saturated heterocycles. The van der Waals surface area contributed by atoms with Crippen molar-refractivity contribution in [2.45, 2.75) is 58.0 Å². The number of amides is 3. The highest BCUT2D eigenvalue weighted by Gasteiger charge is 2.34. The Hall–Kier alpha value is -2.24. The van der Waals surface area contributed by atoms with Gasteiger partial charge in [0.05, 0.1) is 12.6 Å². The average molecular weight is 359 g/mol. The summed E-state index contributed by atoms with van der Waals surface area (Å²) in [6, 6.07) is 7.69. The van der Waals surface area contributed by atoms with Crippen molar-refractivity contribution >= 4 is 17.6 Å². The van der Waals surface area contributed by atoms with Gasteiger partial charge in [-0.25, -0.2) is 4.79 Å². The second kappa shape index (κ2) is 8.43. The lowest BCUT2D eigenvalue weighted by atomic mass is 10.0. The first-order chi connectivity index (χ1) is 12.6. The molecule has 0 unspecified atom stereocenters. The van der Waals surface area contributed by atoms with E-state index < -0.39 is 0 Å². The first-order valence-electron chi connectivity index (χ1n) is 9.72. The number of ether oxygens (including phenoxy) is 1. The maximum atomic E-state index is 12.7. The van der Waals surface area contributed by atoms with Gasteiger partial charge < -0.3 is 19.9 Å². The third-order valence-electron chi connectivity index (χ3n) is 5.27. The van der Waals surface area contributed by atoms with Crippen LogP contribution in [0.15, 0.2) is 24.3 Å². The molecule has 6 nitrogen and oxygen atoms in total. The molecule has 26 heavy (non-hydrogen) atoms. The van der Waals surface area contributed by atoms with Crippen molar-refractivity contribution in [3.8, 4) is 5.75 Å². The summed E-state index contributed by atoms with van der Waals surface area (Å²) in [7, 11) is 0. The third-order valence-corrected chi connectivity index (χ3v) is 5.27. The van der Waals surface area contributed by atoms with Crippen molar-refractivity contribution in [1.29, 1.82) is 0 Å². The zero-order valence-corrected chi connectivity index (χ0v) is 15.7. The van der Waals surface area contributed by atoms with E-state index in [-0.39, 0.29) is 18.0 Å². The van der Waals surface area contributed by atoms with Crippen molar-refractivity contribution in [2.75, 3.05) is 24.6 Å². The molecule has 2 fully saturated rings. The fraction of sp³-hybridized carbons (Fsp3) is 0.600. The molecule has 0 radical (unpaired) electrons. The van der Waals surface area contributed by atoms with E-state index in [1.54, 1.807) is 4.90 Å². The van der Waals surface area contributed by atoms with Crippen LogP contribution < -0.4 is 15.0 Å². The van der Waals surface area contributed by atoms with Gasteiger partial charge >= 0.3 is 6.03 Å². The molecule has 0 aromatic heterocycles. The summed E-state index contributed by atoms with van der Waals surface area (Å²) in [6.07, 6.45) is 4.66. The zero-order chi connectivity index (χ0) is 18.5. The number of urea groups is 1. The van der Waals surface area contributed by atoms with E-state index >= 15 is 0 Å². The molecule has 2 atom stereocenters. The lowest BCUT2D eigenvalue weighted by Gasteiger charge is -2.35. The molecule has 0 spiro atoms. The predicted molar refractivity (Wildman–Crippen MR) is 102 cm³/mol. The topological polar surface area (TPSA) is 61.9 Å². The Balaban J connectivity index is 1.59. The quantitative estimate of drug-likeness (QED) is 0.878. The maximum absolute atomic E-state index is 12.7. The zero-order valence-electron chi connectivity index (χ0n) is 15.7. The number of nitrogens with one attached hydrogen (secondary N) is 1. The smallest absolute Gasteiger partial charge is 0.317 e. The summed E-state index contributed by atoms with van der Waals surface area (Å²) >= 11 is 0. The largest absolute Gasteiger partial charge is 0.494 e. The Labute approximate surface area is 155 Å². The van der Waals surface area contributed by atoms with Crippen LogP contribution in [0.3, 0.4) is 0 Å². The summed E-state index contributed by atoms with van der Waals surface area (Å²) in [6.45, 7) is 6.02. The molecule has 2 aliphatic heterocycles. The summed E-state index contributed by atoms with van der Waals surface area (Å²) in [5.74, 6) is 0.841. The molecule has 2 aliphatic rings. The van der Waals surface area contributed by atoms with Crippen LogP contribution in [0.1, 0.15) is 46.0 Å². The molecule has 0 saturated carbocycles. The molecule has 1 N–H and O–H groups in total. The number of likely N-dealkylation sites (tertiary alicyclic amines) is 1. The van der Waals surface area contributed by atoms with E-state index in [1.807, 2.05) is 36.1 Å². The molecule has 0 bridgehead atoms. The molecule has 142 valence electrons. The van der Waals surface area contributed by atoms with E-state index in [0.29, 0.717) is 25.6 Å². The fourth-order valence-electron chi connectivity index (χ4n) is 3.89. The molecule has 6 heteroatoms. The first-order valence-corrected chi connectivity index (χ1v) is 9.72. The van der Waals surface area contributed by atoms with Crippen LogP contribution in [0.4, 0.5) is 10.5 Å². The van der Waals surface area contributed by atoms with Gasteiger partial charge in [-0.05, 0) is 56.9 Å². The third kappa shape index (κ3) is 4.11. The van der Waals surface area contributed by atoms with E-state index in [0.717, 1.165) is 37.2 Å². The first kappa shape index (κ1) is 18.5. The molecule has 3 amide bonds. The highest BCUT2D eigenvalue weighted by atomic mass is 16.5.